The maximum atomic E-state index is 12.9. The minimum absolute atomic E-state index is 0.129. The van der Waals surface area contributed by atoms with Crippen LogP contribution >= 0.6 is 11.8 Å². The molecular weight excluding hydrogens is 294 g/mol. The summed E-state index contributed by atoms with van der Waals surface area (Å²) >= 11 is 1.70. The molecular formula is C17H23N3OS. The summed E-state index contributed by atoms with van der Waals surface area (Å²) in [6.07, 6.45) is 4.62. The van der Waals surface area contributed by atoms with Crippen LogP contribution < -0.4 is 5.56 Å². The van der Waals surface area contributed by atoms with Gasteiger partial charge in [0.2, 0.25) is 0 Å². The first-order valence-electron chi connectivity index (χ1n) is 7.95. The van der Waals surface area contributed by atoms with Crippen molar-refractivity contribution in [3.05, 3.63) is 34.6 Å². The Bertz CT molecular complexity index is 705. The summed E-state index contributed by atoms with van der Waals surface area (Å²) < 4.78 is 1.97. The van der Waals surface area contributed by atoms with Crippen LogP contribution in [0.2, 0.25) is 0 Å². The Kier molecular flexibility index (Phi) is 4.84. The van der Waals surface area contributed by atoms with Gasteiger partial charge >= 0.3 is 0 Å². The molecule has 1 aromatic heterocycles. The van der Waals surface area contributed by atoms with E-state index in [1.165, 1.54) is 12.8 Å². The van der Waals surface area contributed by atoms with Gasteiger partial charge in [0.05, 0.1) is 10.9 Å². The highest BCUT2D eigenvalue weighted by atomic mass is 32.2. The third-order valence-corrected chi connectivity index (χ3v) is 5.17. The molecule has 1 aromatic carbocycles. The predicted molar refractivity (Wildman–Crippen MR) is 92.8 cm³/mol. The zero-order valence-electron chi connectivity index (χ0n) is 13.3. The lowest BCUT2D eigenvalue weighted by atomic mass is 10.2. The van der Waals surface area contributed by atoms with Crippen molar-refractivity contribution in [1.82, 2.24) is 14.5 Å². The third-order valence-electron chi connectivity index (χ3n) is 4.23. The molecule has 0 saturated heterocycles. The molecule has 0 aliphatic heterocycles. The molecule has 22 heavy (non-hydrogen) atoms. The van der Waals surface area contributed by atoms with Gasteiger partial charge < -0.3 is 4.90 Å². The van der Waals surface area contributed by atoms with E-state index in [0.717, 1.165) is 41.2 Å². The molecule has 1 aliphatic rings. The van der Waals surface area contributed by atoms with E-state index >= 15 is 0 Å². The van der Waals surface area contributed by atoms with Gasteiger partial charge in [0.1, 0.15) is 0 Å². The fraction of sp³-hybridized carbons (Fsp3) is 0.529. The van der Waals surface area contributed by atoms with Gasteiger partial charge in [0.25, 0.3) is 5.56 Å². The smallest absolute Gasteiger partial charge is 0.262 e. The number of nitrogens with zero attached hydrogens (tertiary/aromatic N) is 3. The SMILES string of the molecule is CN(C)CCSc1nc2ccccc2c(=O)n1C1CCCC1. The Labute approximate surface area is 135 Å². The number of para-hydroxylation sites is 1. The lowest BCUT2D eigenvalue weighted by molar-refractivity contribution is 0.435. The number of rotatable bonds is 5. The predicted octanol–water partition coefficient (Wildman–Crippen LogP) is 3.17. The molecule has 3 rings (SSSR count). The molecule has 5 heteroatoms. The fourth-order valence-corrected chi connectivity index (χ4v) is 4.20. The van der Waals surface area contributed by atoms with E-state index in [4.69, 9.17) is 4.98 Å². The Morgan fingerprint density at radius 2 is 2.00 bits per heavy atom. The lowest BCUT2D eigenvalue weighted by Gasteiger charge is -2.19. The minimum atomic E-state index is 0.129. The van der Waals surface area contributed by atoms with Crippen molar-refractivity contribution < 1.29 is 0 Å². The molecule has 4 nitrogen and oxygen atoms in total. The fourth-order valence-electron chi connectivity index (χ4n) is 3.03. The molecule has 118 valence electrons. The summed E-state index contributed by atoms with van der Waals surface area (Å²) in [6, 6.07) is 8.02. The molecule has 1 aliphatic carbocycles. The van der Waals surface area contributed by atoms with Gasteiger partial charge in [0, 0.05) is 18.3 Å². The first-order valence-corrected chi connectivity index (χ1v) is 8.94. The molecule has 0 spiro atoms. The standard InChI is InChI=1S/C17H23N3OS/c1-19(2)11-12-22-17-18-15-10-6-5-9-14(15)16(21)20(17)13-7-3-4-8-13/h5-6,9-10,13H,3-4,7-8,11-12H2,1-2H3. The summed E-state index contributed by atoms with van der Waals surface area (Å²) in [5.41, 5.74) is 0.943. The minimum Gasteiger partial charge on any atom is -0.309 e. The molecule has 0 radical (unpaired) electrons. The van der Waals surface area contributed by atoms with Gasteiger partial charge in [-0.25, -0.2) is 4.98 Å². The lowest BCUT2D eigenvalue weighted by Crippen LogP contribution is -2.27. The summed E-state index contributed by atoms with van der Waals surface area (Å²) in [6.45, 7) is 0.984. The highest BCUT2D eigenvalue weighted by molar-refractivity contribution is 7.99. The van der Waals surface area contributed by atoms with E-state index in [1.54, 1.807) is 11.8 Å². The quantitative estimate of drug-likeness (QED) is 0.627. The Morgan fingerprint density at radius 3 is 2.73 bits per heavy atom. The second-order valence-electron chi connectivity index (χ2n) is 6.18. The van der Waals surface area contributed by atoms with Crippen LogP contribution in [0.1, 0.15) is 31.7 Å². The van der Waals surface area contributed by atoms with Crippen LogP contribution in [0.5, 0.6) is 0 Å². The van der Waals surface area contributed by atoms with E-state index < -0.39 is 0 Å². The van der Waals surface area contributed by atoms with Crippen LogP contribution in [0.3, 0.4) is 0 Å². The second-order valence-corrected chi connectivity index (χ2v) is 7.24. The summed E-state index contributed by atoms with van der Waals surface area (Å²) in [5.74, 6) is 0.949. The Hall–Kier alpha value is -1.33. The average molecular weight is 317 g/mol. The number of hydrogen-bond acceptors (Lipinski definition) is 4. The van der Waals surface area contributed by atoms with Crippen molar-refractivity contribution in [2.24, 2.45) is 0 Å². The van der Waals surface area contributed by atoms with Gasteiger partial charge in [-0.3, -0.25) is 9.36 Å². The van der Waals surface area contributed by atoms with E-state index in [0.29, 0.717) is 6.04 Å². The molecule has 1 fully saturated rings. The van der Waals surface area contributed by atoms with Crippen LogP contribution in [-0.2, 0) is 0 Å². The summed E-state index contributed by atoms with van der Waals surface area (Å²) in [4.78, 5) is 19.9. The highest BCUT2D eigenvalue weighted by Gasteiger charge is 2.22. The van der Waals surface area contributed by atoms with Crippen molar-refractivity contribution in [1.29, 1.82) is 0 Å². The number of hydrogen-bond donors (Lipinski definition) is 0. The monoisotopic (exact) mass is 317 g/mol. The molecule has 0 atom stereocenters. The average Bonchev–Trinajstić information content (AvgIpc) is 3.01. The zero-order valence-corrected chi connectivity index (χ0v) is 14.1. The van der Waals surface area contributed by atoms with Crippen molar-refractivity contribution in [2.75, 3.05) is 26.4 Å². The van der Waals surface area contributed by atoms with Gasteiger partial charge in [-0.15, -0.1) is 0 Å². The second kappa shape index (κ2) is 6.84. The molecule has 1 saturated carbocycles. The zero-order chi connectivity index (χ0) is 15.5. The van der Waals surface area contributed by atoms with Gasteiger partial charge in [-0.2, -0.15) is 0 Å². The van der Waals surface area contributed by atoms with Gasteiger partial charge in [-0.05, 0) is 39.1 Å². The van der Waals surface area contributed by atoms with Crippen LogP contribution in [0, 0.1) is 0 Å². The van der Waals surface area contributed by atoms with Crippen molar-refractivity contribution in [3.8, 4) is 0 Å². The maximum Gasteiger partial charge on any atom is 0.262 e. The van der Waals surface area contributed by atoms with Gasteiger partial charge in [-0.1, -0.05) is 36.7 Å². The third kappa shape index (κ3) is 3.20. The number of thioether (sulfide) groups is 1. The molecule has 2 aromatic rings. The van der Waals surface area contributed by atoms with Crippen LogP contribution in [-0.4, -0.2) is 40.8 Å². The van der Waals surface area contributed by atoms with E-state index in [9.17, 15) is 4.79 Å². The highest BCUT2D eigenvalue weighted by Crippen LogP contribution is 2.32. The van der Waals surface area contributed by atoms with E-state index in [1.807, 2.05) is 28.8 Å². The largest absolute Gasteiger partial charge is 0.309 e. The van der Waals surface area contributed by atoms with Crippen molar-refractivity contribution in [2.45, 2.75) is 36.9 Å². The van der Waals surface area contributed by atoms with Crippen LogP contribution in [0.15, 0.2) is 34.2 Å². The van der Waals surface area contributed by atoms with Gasteiger partial charge in [0.15, 0.2) is 5.16 Å². The molecule has 0 amide bonds. The Morgan fingerprint density at radius 1 is 1.27 bits per heavy atom. The normalized spacial score (nSPS) is 16.0. The topological polar surface area (TPSA) is 38.1 Å². The Balaban J connectivity index is 2.02. The molecule has 0 N–H and O–H groups in total. The van der Waals surface area contributed by atoms with E-state index in [2.05, 4.69) is 19.0 Å². The number of aromatic nitrogens is 2. The van der Waals surface area contributed by atoms with Crippen LogP contribution in [0.25, 0.3) is 10.9 Å². The summed E-state index contributed by atoms with van der Waals surface area (Å²) in [7, 11) is 4.14. The van der Waals surface area contributed by atoms with E-state index in [-0.39, 0.29) is 5.56 Å². The van der Waals surface area contributed by atoms with Crippen LogP contribution in [0.4, 0.5) is 0 Å². The number of fused-ring (bicyclic) bond motifs is 1. The van der Waals surface area contributed by atoms with Crippen molar-refractivity contribution >= 4 is 22.7 Å². The molecule has 0 bridgehead atoms. The summed E-state index contributed by atoms with van der Waals surface area (Å²) in [5, 5.41) is 1.63. The molecule has 0 unspecified atom stereocenters. The first-order chi connectivity index (χ1) is 10.7. The first kappa shape index (κ1) is 15.6. The molecule has 1 heterocycles. The van der Waals surface area contributed by atoms with Crippen molar-refractivity contribution in [3.63, 3.8) is 0 Å². The maximum absolute atomic E-state index is 12.9. The number of benzene rings is 1.